The van der Waals surface area contributed by atoms with Gasteiger partial charge in [-0.15, -0.1) is 0 Å². The van der Waals surface area contributed by atoms with Gasteiger partial charge in [-0.2, -0.15) is 0 Å². The van der Waals surface area contributed by atoms with E-state index < -0.39 is 0 Å². The Morgan fingerprint density at radius 2 is 2.50 bits per heavy atom. The third-order valence-electron chi connectivity index (χ3n) is 1.27. The second kappa shape index (κ2) is 2.84. The van der Waals surface area contributed by atoms with Crippen LogP contribution in [-0.2, 0) is 4.74 Å². The highest BCUT2D eigenvalue weighted by Crippen LogP contribution is 2.10. The zero-order valence-electron chi connectivity index (χ0n) is 5.65. The van der Waals surface area contributed by atoms with Crippen LogP contribution in [0.15, 0.2) is 22.7 Å². The van der Waals surface area contributed by atoms with E-state index in [0.717, 1.165) is 5.76 Å². The van der Waals surface area contributed by atoms with Gasteiger partial charge in [0.25, 0.3) is 0 Å². The van der Waals surface area contributed by atoms with E-state index in [1.165, 1.54) is 0 Å². The van der Waals surface area contributed by atoms with E-state index in [1.54, 1.807) is 13.2 Å². The van der Waals surface area contributed by atoms with Crippen molar-refractivity contribution in [2.75, 3.05) is 13.7 Å². The van der Waals surface area contributed by atoms with Crippen LogP contribution in [0.5, 0.6) is 0 Å². The first kappa shape index (κ1) is 7.28. The highest BCUT2D eigenvalue weighted by molar-refractivity contribution is 6.29. The van der Waals surface area contributed by atoms with E-state index in [4.69, 9.17) is 22.1 Å². The first-order valence-corrected chi connectivity index (χ1v) is 3.25. The molecule has 3 N–H and O–H groups in total. The summed E-state index contributed by atoms with van der Waals surface area (Å²) in [5.41, 5.74) is 6.12. The number of hydrogen-bond donors (Lipinski definition) is 2. The number of nitrogens with two attached hydrogens (primary N) is 1. The molecular weight excluding hydrogens is 152 g/mol. The smallest absolute Gasteiger partial charge is 0.138 e. The van der Waals surface area contributed by atoms with Gasteiger partial charge in [0.2, 0.25) is 0 Å². The van der Waals surface area contributed by atoms with Crippen molar-refractivity contribution < 1.29 is 4.74 Å². The standard InChI is InChI=1S/C6H9ClN2O/c1-10-5-3-9-6(7)2-4(5)8/h2,9H,3,8H2,1H3. The number of ether oxygens (including phenoxy) is 1. The van der Waals surface area contributed by atoms with Crippen molar-refractivity contribution in [3.05, 3.63) is 22.7 Å². The lowest BCUT2D eigenvalue weighted by molar-refractivity contribution is 0.277. The number of methoxy groups -OCH3 is 1. The Balaban J connectivity index is 2.80. The molecule has 0 aliphatic carbocycles. The molecule has 0 amide bonds. The fraction of sp³-hybridized carbons (Fsp3) is 0.333. The summed E-state index contributed by atoms with van der Waals surface area (Å²) in [4.78, 5) is 0. The minimum absolute atomic E-state index is 0.554. The van der Waals surface area contributed by atoms with Crippen molar-refractivity contribution in [3.63, 3.8) is 0 Å². The van der Waals surface area contributed by atoms with Gasteiger partial charge in [-0.3, -0.25) is 0 Å². The number of rotatable bonds is 1. The minimum Gasteiger partial charge on any atom is -0.497 e. The van der Waals surface area contributed by atoms with Crippen molar-refractivity contribution >= 4 is 11.6 Å². The maximum absolute atomic E-state index is 5.61. The summed E-state index contributed by atoms with van der Waals surface area (Å²) in [6.07, 6.45) is 1.63. The van der Waals surface area contributed by atoms with Gasteiger partial charge in [0, 0.05) is 0 Å². The highest BCUT2D eigenvalue weighted by atomic mass is 35.5. The summed E-state index contributed by atoms with van der Waals surface area (Å²) in [5, 5.41) is 3.43. The molecule has 4 heteroatoms. The summed E-state index contributed by atoms with van der Waals surface area (Å²) in [6.45, 7) is 0.567. The quantitative estimate of drug-likeness (QED) is 0.549. The SMILES string of the molecule is COC1=C(N)C=C(Cl)NC1. The topological polar surface area (TPSA) is 47.3 Å². The lowest BCUT2D eigenvalue weighted by Crippen LogP contribution is -2.22. The van der Waals surface area contributed by atoms with E-state index in [2.05, 4.69) is 5.32 Å². The number of allylic oxidation sites excluding steroid dienone is 1. The Hall–Kier alpha value is -0.830. The molecule has 3 nitrogen and oxygen atoms in total. The molecule has 0 saturated heterocycles. The van der Waals surface area contributed by atoms with Crippen LogP contribution in [0.1, 0.15) is 0 Å². The van der Waals surface area contributed by atoms with Crippen LogP contribution in [0.4, 0.5) is 0 Å². The van der Waals surface area contributed by atoms with Gasteiger partial charge in [0.1, 0.15) is 10.9 Å². The van der Waals surface area contributed by atoms with Crippen LogP contribution < -0.4 is 11.1 Å². The number of halogens is 1. The predicted octanol–water partition coefficient (Wildman–Crippen LogP) is 0.487. The molecule has 0 aromatic heterocycles. The molecule has 10 heavy (non-hydrogen) atoms. The molecule has 0 fully saturated rings. The summed E-state index contributed by atoms with van der Waals surface area (Å²) >= 11 is 5.61. The van der Waals surface area contributed by atoms with Gasteiger partial charge >= 0.3 is 0 Å². The molecule has 0 aromatic carbocycles. The molecule has 0 radical (unpaired) electrons. The zero-order valence-corrected chi connectivity index (χ0v) is 6.40. The van der Waals surface area contributed by atoms with Crippen molar-refractivity contribution in [1.29, 1.82) is 0 Å². The molecule has 0 aromatic rings. The van der Waals surface area contributed by atoms with Crippen LogP contribution in [0.2, 0.25) is 0 Å². The van der Waals surface area contributed by atoms with Gasteiger partial charge in [-0.05, 0) is 6.08 Å². The number of hydrogen-bond acceptors (Lipinski definition) is 3. The van der Waals surface area contributed by atoms with E-state index in [0.29, 0.717) is 17.4 Å². The van der Waals surface area contributed by atoms with Crippen molar-refractivity contribution in [3.8, 4) is 0 Å². The molecule has 1 aliphatic heterocycles. The van der Waals surface area contributed by atoms with Crippen molar-refractivity contribution in [1.82, 2.24) is 5.32 Å². The Kier molecular flexibility index (Phi) is 2.06. The maximum Gasteiger partial charge on any atom is 0.138 e. The Bertz CT molecular complexity index is 198. The first-order valence-electron chi connectivity index (χ1n) is 2.87. The van der Waals surface area contributed by atoms with E-state index in [9.17, 15) is 0 Å². The lowest BCUT2D eigenvalue weighted by atomic mass is 10.3. The van der Waals surface area contributed by atoms with Gasteiger partial charge < -0.3 is 15.8 Å². The van der Waals surface area contributed by atoms with Gasteiger partial charge in [0.05, 0.1) is 19.4 Å². The van der Waals surface area contributed by atoms with Crippen LogP contribution in [0.3, 0.4) is 0 Å². The average molecular weight is 161 g/mol. The molecule has 0 atom stereocenters. The van der Waals surface area contributed by atoms with Gasteiger partial charge in [0.15, 0.2) is 0 Å². The summed E-state index contributed by atoms with van der Waals surface area (Å²) in [6, 6.07) is 0. The maximum atomic E-state index is 5.61. The van der Waals surface area contributed by atoms with Crippen LogP contribution in [-0.4, -0.2) is 13.7 Å². The molecule has 0 bridgehead atoms. The minimum atomic E-state index is 0.554. The molecular formula is C6H9ClN2O. The molecule has 0 saturated carbocycles. The number of nitrogens with one attached hydrogen (secondary N) is 1. The molecule has 56 valence electrons. The van der Waals surface area contributed by atoms with E-state index in [-0.39, 0.29) is 0 Å². The van der Waals surface area contributed by atoms with Crippen molar-refractivity contribution in [2.24, 2.45) is 5.73 Å². The third kappa shape index (κ3) is 1.36. The van der Waals surface area contributed by atoms with Crippen molar-refractivity contribution in [2.45, 2.75) is 0 Å². The molecule has 0 unspecified atom stereocenters. The molecule has 0 spiro atoms. The van der Waals surface area contributed by atoms with Crippen LogP contribution >= 0.6 is 11.6 Å². The van der Waals surface area contributed by atoms with Crippen LogP contribution in [0.25, 0.3) is 0 Å². The lowest BCUT2D eigenvalue weighted by Gasteiger charge is -2.14. The Labute approximate surface area is 64.5 Å². The summed E-state index contributed by atoms with van der Waals surface area (Å²) < 4.78 is 4.94. The van der Waals surface area contributed by atoms with E-state index in [1.807, 2.05) is 0 Å². The van der Waals surface area contributed by atoms with E-state index >= 15 is 0 Å². The monoisotopic (exact) mass is 160 g/mol. The first-order chi connectivity index (χ1) is 4.74. The number of dihydropyridines is 1. The fourth-order valence-electron chi connectivity index (χ4n) is 0.725. The fourth-order valence-corrected chi connectivity index (χ4v) is 0.909. The Morgan fingerprint density at radius 1 is 1.80 bits per heavy atom. The normalized spacial score (nSPS) is 18.0. The summed E-state index contributed by atoms with van der Waals surface area (Å²) in [7, 11) is 1.58. The third-order valence-corrected chi connectivity index (χ3v) is 1.51. The largest absolute Gasteiger partial charge is 0.497 e. The molecule has 1 aliphatic rings. The molecule has 1 heterocycles. The second-order valence-electron chi connectivity index (χ2n) is 1.93. The second-order valence-corrected chi connectivity index (χ2v) is 2.34. The predicted molar refractivity (Wildman–Crippen MR) is 40.2 cm³/mol. The summed E-state index contributed by atoms with van der Waals surface area (Å²) in [5.74, 6) is 0.726. The van der Waals surface area contributed by atoms with Crippen LogP contribution in [0, 0.1) is 0 Å². The van der Waals surface area contributed by atoms with Gasteiger partial charge in [-0.25, -0.2) is 0 Å². The highest BCUT2D eigenvalue weighted by Gasteiger charge is 2.07. The van der Waals surface area contributed by atoms with Gasteiger partial charge in [-0.1, -0.05) is 11.6 Å². The molecule has 1 rings (SSSR count). The zero-order chi connectivity index (χ0) is 7.56. The average Bonchev–Trinajstić information content (AvgIpc) is 1.88. The Morgan fingerprint density at radius 3 is 3.00 bits per heavy atom.